The zero-order valence-electron chi connectivity index (χ0n) is 13.3. The Kier molecular flexibility index (Phi) is 6.19. The molecule has 5 nitrogen and oxygen atoms in total. The number of aryl methyl sites for hydroxylation is 1. The molecule has 6 heteroatoms. The summed E-state index contributed by atoms with van der Waals surface area (Å²) in [5.74, 6) is 0.814. The molecule has 1 rings (SSSR count). The Hall–Kier alpha value is -1.11. The molecule has 0 saturated heterocycles. The minimum absolute atomic E-state index is 0.132. The van der Waals surface area contributed by atoms with Gasteiger partial charge >= 0.3 is 0 Å². The summed E-state index contributed by atoms with van der Waals surface area (Å²) in [5, 5.41) is 5.24. The van der Waals surface area contributed by atoms with E-state index in [2.05, 4.69) is 0 Å². The van der Waals surface area contributed by atoms with Gasteiger partial charge in [0.25, 0.3) is 0 Å². The Bertz CT molecular complexity index is 580. The Labute approximate surface area is 127 Å². The molecule has 0 atom stereocenters. The highest BCUT2D eigenvalue weighted by molar-refractivity contribution is 7.89. The second kappa shape index (κ2) is 7.24. The third-order valence-electron chi connectivity index (χ3n) is 3.03. The van der Waals surface area contributed by atoms with Crippen LogP contribution in [0.1, 0.15) is 44.7 Å². The normalized spacial score (nSPS) is 12.2. The number of sulfonamides is 1. The van der Waals surface area contributed by atoms with Crippen molar-refractivity contribution < 1.29 is 17.9 Å². The van der Waals surface area contributed by atoms with Crippen LogP contribution in [-0.4, -0.2) is 27.7 Å². The highest BCUT2D eigenvalue weighted by Crippen LogP contribution is 2.31. The van der Waals surface area contributed by atoms with E-state index >= 15 is 0 Å². The highest BCUT2D eigenvalue weighted by Gasteiger charge is 2.18. The Morgan fingerprint density at radius 2 is 1.76 bits per heavy atom. The smallest absolute Gasteiger partial charge is 0.238 e. The van der Waals surface area contributed by atoms with Crippen LogP contribution in [0.15, 0.2) is 17.0 Å². The van der Waals surface area contributed by atoms with Crippen LogP contribution in [-0.2, 0) is 14.8 Å². The van der Waals surface area contributed by atoms with Crippen molar-refractivity contribution in [1.29, 1.82) is 0 Å². The van der Waals surface area contributed by atoms with Gasteiger partial charge in [-0.2, -0.15) is 0 Å². The Morgan fingerprint density at radius 1 is 1.14 bits per heavy atom. The van der Waals surface area contributed by atoms with E-state index in [9.17, 15) is 8.42 Å². The molecule has 21 heavy (non-hydrogen) atoms. The summed E-state index contributed by atoms with van der Waals surface area (Å²) < 4.78 is 34.4. The summed E-state index contributed by atoms with van der Waals surface area (Å²) in [7, 11) is -3.72. The van der Waals surface area contributed by atoms with Crippen molar-refractivity contribution in [1.82, 2.24) is 0 Å². The van der Waals surface area contributed by atoms with Crippen LogP contribution in [0, 0.1) is 6.92 Å². The van der Waals surface area contributed by atoms with E-state index in [0.29, 0.717) is 24.5 Å². The van der Waals surface area contributed by atoms with Crippen molar-refractivity contribution in [3.63, 3.8) is 0 Å². The molecule has 0 aliphatic heterocycles. The lowest BCUT2D eigenvalue weighted by Gasteiger charge is -2.17. The third kappa shape index (κ3) is 5.30. The fourth-order valence-electron chi connectivity index (χ4n) is 2.00. The van der Waals surface area contributed by atoms with Crippen molar-refractivity contribution in [2.45, 2.75) is 51.5 Å². The zero-order chi connectivity index (χ0) is 16.2. The van der Waals surface area contributed by atoms with E-state index in [1.54, 1.807) is 19.1 Å². The molecule has 0 bridgehead atoms. The average Bonchev–Trinajstić information content (AvgIpc) is 2.32. The summed E-state index contributed by atoms with van der Waals surface area (Å²) in [4.78, 5) is 0.150. The maximum Gasteiger partial charge on any atom is 0.238 e. The number of benzene rings is 1. The Balaban J connectivity index is 3.01. The highest BCUT2D eigenvalue weighted by atomic mass is 32.2. The van der Waals surface area contributed by atoms with E-state index in [4.69, 9.17) is 14.6 Å². The summed E-state index contributed by atoms with van der Waals surface area (Å²) in [6.45, 7) is 10.5. The topological polar surface area (TPSA) is 78.6 Å². The lowest BCUT2D eigenvalue weighted by Crippen LogP contribution is -2.16. The maximum atomic E-state index is 11.6. The molecule has 0 saturated carbocycles. The lowest BCUT2D eigenvalue weighted by molar-refractivity contribution is 0.0550. The molecule has 0 spiro atoms. The van der Waals surface area contributed by atoms with Gasteiger partial charge in [0.15, 0.2) is 0 Å². The standard InChI is InChI=1S/C15H25NO4S/c1-10(2)13-9-15(21(16,17)18)12(5)8-14(13)20-7-6-19-11(3)4/h8-11H,6-7H2,1-5H3,(H2,16,17,18). The molecule has 0 radical (unpaired) electrons. The second-order valence-corrected chi connectivity index (χ2v) is 7.15. The van der Waals surface area contributed by atoms with Crippen LogP contribution in [0.5, 0.6) is 5.75 Å². The fourth-order valence-corrected chi connectivity index (χ4v) is 2.79. The molecule has 0 aromatic heterocycles. The first-order chi connectivity index (χ1) is 9.62. The minimum atomic E-state index is -3.72. The van der Waals surface area contributed by atoms with E-state index in [1.165, 1.54) is 0 Å². The molecule has 0 unspecified atom stereocenters. The number of nitrogens with two attached hydrogens (primary N) is 1. The van der Waals surface area contributed by atoms with E-state index in [1.807, 2.05) is 27.7 Å². The third-order valence-corrected chi connectivity index (χ3v) is 4.08. The summed E-state index contributed by atoms with van der Waals surface area (Å²) in [6, 6.07) is 3.33. The second-order valence-electron chi connectivity index (χ2n) is 5.62. The first-order valence-electron chi connectivity index (χ1n) is 7.04. The van der Waals surface area contributed by atoms with Gasteiger partial charge in [-0.25, -0.2) is 13.6 Å². The molecular formula is C15H25NO4S. The van der Waals surface area contributed by atoms with Crippen LogP contribution in [0.3, 0.4) is 0 Å². The van der Waals surface area contributed by atoms with Crippen LogP contribution in [0.2, 0.25) is 0 Å². The monoisotopic (exact) mass is 315 g/mol. The number of hydrogen-bond acceptors (Lipinski definition) is 4. The zero-order valence-corrected chi connectivity index (χ0v) is 14.2. The van der Waals surface area contributed by atoms with Gasteiger partial charge in [-0.3, -0.25) is 0 Å². The van der Waals surface area contributed by atoms with Gasteiger partial charge in [0.1, 0.15) is 12.4 Å². The molecule has 0 aliphatic carbocycles. The SMILES string of the molecule is Cc1cc(OCCOC(C)C)c(C(C)C)cc1S(N)(=O)=O. The minimum Gasteiger partial charge on any atom is -0.491 e. The van der Waals surface area contributed by atoms with Gasteiger partial charge in [-0.05, 0) is 49.9 Å². The molecule has 1 aromatic carbocycles. The van der Waals surface area contributed by atoms with Crippen molar-refractivity contribution >= 4 is 10.0 Å². The van der Waals surface area contributed by atoms with Crippen molar-refractivity contribution in [2.24, 2.45) is 5.14 Å². The molecule has 0 amide bonds. The van der Waals surface area contributed by atoms with E-state index in [-0.39, 0.29) is 16.9 Å². The predicted octanol–water partition coefficient (Wildman–Crippen LogP) is 2.57. The number of rotatable bonds is 7. The van der Waals surface area contributed by atoms with E-state index < -0.39 is 10.0 Å². The summed E-state index contributed by atoms with van der Waals surface area (Å²) >= 11 is 0. The number of ether oxygens (including phenoxy) is 2. The molecule has 0 fully saturated rings. The first kappa shape index (κ1) is 17.9. The van der Waals surface area contributed by atoms with Gasteiger partial charge in [-0.1, -0.05) is 13.8 Å². The van der Waals surface area contributed by atoms with E-state index in [0.717, 1.165) is 5.56 Å². The first-order valence-corrected chi connectivity index (χ1v) is 8.59. The van der Waals surface area contributed by atoms with Crippen LogP contribution >= 0.6 is 0 Å². The molecule has 1 aromatic rings. The van der Waals surface area contributed by atoms with Gasteiger partial charge in [0.2, 0.25) is 10.0 Å². The molecular weight excluding hydrogens is 290 g/mol. The van der Waals surface area contributed by atoms with Gasteiger partial charge < -0.3 is 9.47 Å². The lowest BCUT2D eigenvalue weighted by atomic mass is 10.0. The quantitative estimate of drug-likeness (QED) is 0.784. The molecule has 0 heterocycles. The average molecular weight is 315 g/mol. The van der Waals surface area contributed by atoms with Gasteiger partial charge in [-0.15, -0.1) is 0 Å². The molecule has 120 valence electrons. The summed E-state index contributed by atoms with van der Waals surface area (Å²) in [6.07, 6.45) is 0.157. The van der Waals surface area contributed by atoms with Gasteiger partial charge in [0.05, 0.1) is 17.6 Å². The van der Waals surface area contributed by atoms with Crippen LogP contribution < -0.4 is 9.88 Å². The largest absolute Gasteiger partial charge is 0.491 e. The maximum absolute atomic E-state index is 11.6. The van der Waals surface area contributed by atoms with Crippen LogP contribution in [0.4, 0.5) is 0 Å². The fraction of sp³-hybridized carbons (Fsp3) is 0.600. The van der Waals surface area contributed by atoms with Gasteiger partial charge in [0, 0.05) is 0 Å². The number of hydrogen-bond donors (Lipinski definition) is 1. The van der Waals surface area contributed by atoms with Crippen molar-refractivity contribution in [2.75, 3.05) is 13.2 Å². The summed E-state index contributed by atoms with van der Waals surface area (Å²) in [5.41, 5.74) is 1.41. The Morgan fingerprint density at radius 3 is 2.24 bits per heavy atom. The number of primary sulfonamides is 1. The van der Waals surface area contributed by atoms with Crippen molar-refractivity contribution in [3.05, 3.63) is 23.3 Å². The predicted molar refractivity (Wildman–Crippen MR) is 83.2 cm³/mol. The molecule has 0 aliphatic rings. The molecule has 2 N–H and O–H groups in total. The van der Waals surface area contributed by atoms with Crippen LogP contribution in [0.25, 0.3) is 0 Å². The van der Waals surface area contributed by atoms with Crippen molar-refractivity contribution in [3.8, 4) is 5.75 Å².